The minimum atomic E-state index is -4.30. The SMILES string of the molecule is CC1(C)CC(=O)C=C2Oc3cc(N(CCCCCC(=O)O)CCCS(=O)(=O)[O-])ccc3C=C21.[Na+]. The first kappa shape index (κ1) is 28.6. The molecule has 0 saturated carbocycles. The van der Waals surface area contributed by atoms with Crippen LogP contribution in [0.4, 0.5) is 5.69 Å². The van der Waals surface area contributed by atoms with Gasteiger partial charge in [-0.1, -0.05) is 20.3 Å². The van der Waals surface area contributed by atoms with Gasteiger partial charge in [0.2, 0.25) is 0 Å². The molecule has 0 spiro atoms. The van der Waals surface area contributed by atoms with Gasteiger partial charge in [-0.15, -0.1) is 0 Å². The average Bonchev–Trinajstić information content (AvgIpc) is 2.69. The van der Waals surface area contributed by atoms with Crippen LogP contribution in [0.25, 0.3) is 6.08 Å². The first-order valence-electron chi connectivity index (χ1n) is 11.1. The molecule has 0 fully saturated rings. The van der Waals surface area contributed by atoms with Crippen molar-refractivity contribution in [3.05, 3.63) is 41.2 Å². The van der Waals surface area contributed by atoms with Crippen molar-refractivity contribution in [2.24, 2.45) is 5.41 Å². The van der Waals surface area contributed by atoms with Crippen molar-refractivity contribution in [2.45, 2.75) is 52.4 Å². The third-order valence-electron chi connectivity index (χ3n) is 5.93. The van der Waals surface area contributed by atoms with Gasteiger partial charge in [-0.3, -0.25) is 9.59 Å². The molecule has 1 aliphatic carbocycles. The van der Waals surface area contributed by atoms with Gasteiger partial charge in [-0.05, 0) is 37.5 Å². The number of carbonyl (C=O) groups is 2. The van der Waals surface area contributed by atoms with Gasteiger partial charge in [0, 0.05) is 66.1 Å². The Bertz CT molecular complexity index is 1090. The molecule has 0 amide bonds. The number of aliphatic carboxylic acids is 1. The zero-order valence-corrected chi connectivity index (χ0v) is 22.8. The van der Waals surface area contributed by atoms with E-state index in [0.717, 1.165) is 29.7 Å². The van der Waals surface area contributed by atoms with Gasteiger partial charge in [-0.25, -0.2) is 8.42 Å². The molecule has 0 unspecified atom stereocenters. The van der Waals surface area contributed by atoms with E-state index in [2.05, 4.69) is 0 Å². The zero-order chi connectivity index (χ0) is 24.2. The molecule has 1 N–H and O–H groups in total. The smallest absolute Gasteiger partial charge is 0.748 e. The Morgan fingerprint density at radius 3 is 2.53 bits per heavy atom. The van der Waals surface area contributed by atoms with Crippen molar-refractivity contribution in [1.29, 1.82) is 0 Å². The number of nitrogens with zero attached hydrogens (tertiary/aromatic N) is 1. The van der Waals surface area contributed by atoms with E-state index in [4.69, 9.17) is 9.84 Å². The molecule has 0 saturated heterocycles. The number of hydrogen-bond donors (Lipinski definition) is 1. The minimum absolute atomic E-state index is 0. The number of hydrogen-bond acceptors (Lipinski definition) is 7. The van der Waals surface area contributed by atoms with Crippen LogP contribution in [0.5, 0.6) is 5.75 Å². The fourth-order valence-corrected chi connectivity index (χ4v) is 4.73. The van der Waals surface area contributed by atoms with E-state index in [9.17, 15) is 22.6 Å². The van der Waals surface area contributed by atoms with Crippen molar-refractivity contribution in [3.63, 3.8) is 0 Å². The second-order valence-corrected chi connectivity index (χ2v) is 10.7. The van der Waals surface area contributed by atoms with E-state index < -0.39 is 21.8 Å². The fraction of sp³-hybridized carbons (Fsp3) is 0.500. The molecule has 180 valence electrons. The van der Waals surface area contributed by atoms with Crippen LogP contribution in [0, 0.1) is 5.41 Å². The van der Waals surface area contributed by atoms with Crippen LogP contribution < -0.4 is 39.2 Å². The molecule has 3 rings (SSSR count). The maximum absolute atomic E-state index is 12.1. The van der Waals surface area contributed by atoms with Crippen LogP contribution in [-0.2, 0) is 19.7 Å². The van der Waals surface area contributed by atoms with E-state index in [1.807, 2.05) is 43.0 Å². The summed E-state index contributed by atoms with van der Waals surface area (Å²) in [5.41, 5.74) is 2.38. The Labute approximate surface area is 223 Å². The Kier molecular flexibility index (Phi) is 9.97. The number of anilines is 1. The molecule has 1 aromatic carbocycles. The van der Waals surface area contributed by atoms with Crippen LogP contribution in [0.15, 0.2) is 35.6 Å². The first-order chi connectivity index (χ1) is 15.4. The summed E-state index contributed by atoms with van der Waals surface area (Å²) in [6, 6.07) is 5.72. The van der Waals surface area contributed by atoms with E-state index >= 15 is 0 Å². The second-order valence-electron chi connectivity index (χ2n) is 9.22. The molecular formula is C24H30NNaO7S. The van der Waals surface area contributed by atoms with Crippen LogP contribution in [0.3, 0.4) is 0 Å². The molecule has 34 heavy (non-hydrogen) atoms. The summed E-state index contributed by atoms with van der Waals surface area (Å²) in [7, 11) is -4.30. The quantitative estimate of drug-likeness (QED) is 0.269. The van der Waals surface area contributed by atoms with Crippen molar-refractivity contribution in [3.8, 4) is 5.75 Å². The Morgan fingerprint density at radius 1 is 1.15 bits per heavy atom. The van der Waals surface area contributed by atoms with Gasteiger partial charge in [0.15, 0.2) is 5.78 Å². The first-order valence-corrected chi connectivity index (χ1v) is 12.7. The number of carboxylic acid groups (broad SMARTS) is 1. The number of ketones is 1. The maximum atomic E-state index is 12.1. The monoisotopic (exact) mass is 499 g/mol. The van der Waals surface area contributed by atoms with E-state index in [-0.39, 0.29) is 53.6 Å². The van der Waals surface area contributed by atoms with E-state index in [0.29, 0.717) is 37.4 Å². The number of unbranched alkanes of at least 4 members (excludes halogenated alkanes) is 2. The summed E-state index contributed by atoms with van der Waals surface area (Å²) >= 11 is 0. The van der Waals surface area contributed by atoms with Gasteiger partial charge in [0.25, 0.3) is 0 Å². The molecule has 0 radical (unpaired) electrons. The van der Waals surface area contributed by atoms with Crippen LogP contribution >= 0.6 is 0 Å². The number of rotatable bonds is 11. The van der Waals surface area contributed by atoms with E-state index in [1.165, 1.54) is 6.08 Å². The third-order valence-corrected chi connectivity index (χ3v) is 6.71. The Hall–Kier alpha value is -1.65. The van der Waals surface area contributed by atoms with Crippen LogP contribution in [-0.4, -0.2) is 48.7 Å². The molecular weight excluding hydrogens is 469 g/mol. The molecule has 1 aliphatic heterocycles. The molecule has 10 heteroatoms. The predicted molar refractivity (Wildman–Crippen MR) is 124 cm³/mol. The van der Waals surface area contributed by atoms with E-state index in [1.54, 1.807) is 0 Å². The maximum Gasteiger partial charge on any atom is 1.00 e. The predicted octanol–water partition coefficient (Wildman–Crippen LogP) is 0.736. The number of allylic oxidation sites excluding steroid dienone is 2. The summed E-state index contributed by atoms with van der Waals surface area (Å²) in [4.78, 5) is 24.8. The summed E-state index contributed by atoms with van der Waals surface area (Å²) in [5, 5.41) is 8.80. The van der Waals surface area contributed by atoms with Gasteiger partial charge < -0.3 is 19.3 Å². The zero-order valence-electron chi connectivity index (χ0n) is 20.0. The number of ether oxygens (including phenoxy) is 1. The second kappa shape index (κ2) is 11.9. The van der Waals surface area contributed by atoms with Gasteiger partial charge >= 0.3 is 35.5 Å². The summed E-state index contributed by atoms with van der Waals surface area (Å²) in [6.07, 6.45) is 6.33. The Morgan fingerprint density at radius 2 is 1.85 bits per heavy atom. The number of carboxylic acids is 1. The molecule has 0 atom stereocenters. The van der Waals surface area contributed by atoms with Crippen molar-refractivity contribution >= 4 is 33.6 Å². The van der Waals surface area contributed by atoms with Gasteiger partial charge in [0.05, 0.1) is 10.1 Å². The molecule has 2 aliphatic rings. The third kappa shape index (κ3) is 7.95. The summed E-state index contributed by atoms with van der Waals surface area (Å²) < 4.78 is 39.2. The minimum Gasteiger partial charge on any atom is -0.748 e. The normalized spacial score (nSPS) is 16.3. The summed E-state index contributed by atoms with van der Waals surface area (Å²) in [6.45, 7) is 4.99. The van der Waals surface area contributed by atoms with Crippen LogP contribution in [0.1, 0.15) is 57.9 Å². The largest absolute Gasteiger partial charge is 1.00 e. The number of benzene rings is 1. The summed E-state index contributed by atoms with van der Waals surface area (Å²) in [5.74, 6) is -0.0851. The molecule has 0 bridgehead atoms. The molecule has 0 aromatic heterocycles. The Balaban J connectivity index is 0.00000408. The van der Waals surface area contributed by atoms with Crippen molar-refractivity contribution in [1.82, 2.24) is 0 Å². The molecule has 8 nitrogen and oxygen atoms in total. The van der Waals surface area contributed by atoms with Gasteiger partial charge in [0.1, 0.15) is 11.5 Å². The van der Waals surface area contributed by atoms with Crippen LogP contribution in [0.2, 0.25) is 0 Å². The molecule has 1 heterocycles. The topological polar surface area (TPSA) is 124 Å². The number of carbonyl (C=O) groups excluding carboxylic acids is 1. The van der Waals surface area contributed by atoms with Gasteiger partial charge in [-0.2, -0.15) is 0 Å². The number of fused-ring (bicyclic) bond motifs is 2. The fourth-order valence-electron chi connectivity index (χ4n) is 4.25. The standard InChI is InChI=1S/C24H31NO7S.Na/c1-24(2)16-19(26)15-22-20(24)13-17-8-9-18(14-21(17)32-22)25(11-6-12-33(29,30)31)10-5-3-4-7-23(27)28;/h8-9,13-15H,3-7,10-12,16H2,1-2H3,(H,27,28)(H,29,30,31);/q;+1/p-1. The molecule has 1 aromatic rings. The average molecular weight is 500 g/mol. The van der Waals surface area contributed by atoms with Crippen molar-refractivity contribution < 1.29 is 62.0 Å². The van der Waals surface area contributed by atoms with Crippen molar-refractivity contribution in [2.75, 3.05) is 23.7 Å².